The molecule has 0 aliphatic rings. The first-order valence-electron chi connectivity index (χ1n) is 3.84. The van der Waals surface area contributed by atoms with Gasteiger partial charge in [-0.3, -0.25) is 0 Å². The minimum atomic E-state index is -1.40. The van der Waals surface area contributed by atoms with Gasteiger partial charge in [0.25, 0.3) is 6.03 Å². The van der Waals surface area contributed by atoms with E-state index in [1.165, 1.54) is 0 Å². The first-order valence-corrected chi connectivity index (χ1v) is 6.26. The summed E-state index contributed by atoms with van der Waals surface area (Å²) in [4.78, 5) is 0. The molecule has 0 rings (SSSR count). The second-order valence-corrected chi connectivity index (χ2v) is 7.31. The van der Waals surface area contributed by atoms with Crippen molar-refractivity contribution in [2.45, 2.75) is 26.8 Å². The van der Waals surface area contributed by atoms with E-state index in [1.54, 1.807) is 0 Å². The second-order valence-electron chi connectivity index (χ2n) is 2.51. The van der Waals surface area contributed by atoms with Gasteiger partial charge in [0.05, 0.1) is 25.7 Å². The van der Waals surface area contributed by atoms with Crippen molar-refractivity contribution >= 4 is 7.26 Å². The number of hydrogen-bond acceptors (Lipinski definition) is 2. The van der Waals surface area contributed by atoms with Gasteiger partial charge in [-0.1, -0.05) is 0 Å². The summed E-state index contributed by atoms with van der Waals surface area (Å²) in [6, 6.07) is -1.05. The molecule has 2 nitrogen and oxygen atoms in total. The van der Waals surface area contributed by atoms with Gasteiger partial charge in [0.1, 0.15) is 0 Å². The van der Waals surface area contributed by atoms with Crippen molar-refractivity contribution in [1.29, 1.82) is 0 Å². The van der Waals surface area contributed by atoms with Gasteiger partial charge < -0.3 is 10.2 Å². The highest BCUT2D eigenvalue weighted by molar-refractivity contribution is 7.76. The Morgan fingerprint density at radius 1 is 1.00 bits per heavy atom. The Hall–Kier alpha value is 0.350. The van der Waals surface area contributed by atoms with E-state index >= 15 is 0 Å². The van der Waals surface area contributed by atoms with Gasteiger partial charge >= 0.3 is 0 Å². The molecule has 0 fully saturated rings. The van der Waals surface area contributed by atoms with E-state index < -0.39 is 13.3 Å². The van der Waals surface area contributed by atoms with Crippen LogP contribution in [0.5, 0.6) is 0 Å². The van der Waals surface area contributed by atoms with Crippen LogP contribution < -0.4 is 0 Å². The highest BCUT2D eigenvalue weighted by Gasteiger charge is 2.38. The second kappa shape index (κ2) is 4.27. The van der Waals surface area contributed by atoms with Crippen LogP contribution in [-0.2, 0) is 0 Å². The van der Waals surface area contributed by atoms with Crippen LogP contribution in [0.25, 0.3) is 0 Å². The van der Waals surface area contributed by atoms with E-state index in [4.69, 9.17) is 10.2 Å². The molecule has 0 amide bonds. The van der Waals surface area contributed by atoms with Crippen molar-refractivity contribution in [3.8, 4) is 0 Å². The molecule has 0 aromatic heterocycles. The summed E-state index contributed by atoms with van der Waals surface area (Å²) in [5.74, 6) is 0. The Morgan fingerprint density at radius 2 is 1.30 bits per heavy atom. The molecular weight excluding hydrogens is 147 g/mol. The third-order valence-electron chi connectivity index (χ3n) is 2.38. The van der Waals surface area contributed by atoms with Gasteiger partial charge in [-0.15, -0.1) is 0 Å². The molecule has 0 radical (unpaired) electrons. The predicted molar refractivity (Wildman–Crippen MR) is 46.8 cm³/mol. The Labute approximate surface area is 63.6 Å². The Balaban J connectivity index is 4.15. The van der Waals surface area contributed by atoms with Crippen LogP contribution >= 0.6 is 7.26 Å². The van der Waals surface area contributed by atoms with E-state index in [0.717, 1.165) is 18.5 Å². The monoisotopic (exact) mass is 165 g/mol. The number of aliphatic hydroxyl groups is 2. The van der Waals surface area contributed by atoms with Crippen LogP contribution in [0.1, 0.15) is 20.8 Å². The summed E-state index contributed by atoms with van der Waals surface area (Å²) in [6.45, 7) is 6.13. The van der Waals surface area contributed by atoms with E-state index in [-0.39, 0.29) is 0 Å². The van der Waals surface area contributed by atoms with Crippen LogP contribution in [0.2, 0.25) is 0 Å². The summed E-state index contributed by atoms with van der Waals surface area (Å²) >= 11 is 0. The number of aliphatic hydroxyl groups excluding tert-OH is 1. The zero-order chi connectivity index (χ0) is 8.20. The highest BCUT2D eigenvalue weighted by atomic mass is 31.2. The van der Waals surface area contributed by atoms with E-state index in [2.05, 4.69) is 0 Å². The summed E-state index contributed by atoms with van der Waals surface area (Å²) in [5, 5.41) is 18.1. The van der Waals surface area contributed by atoms with Crippen molar-refractivity contribution in [2.75, 3.05) is 18.5 Å². The quantitative estimate of drug-likeness (QED) is 0.487. The minimum Gasteiger partial charge on any atom is -0.337 e. The maximum atomic E-state index is 9.07. The molecule has 0 spiro atoms. The van der Waals surface area contributed by atoms with Gasteiger partial charge in [-0.25, -0.2) is 0 Å². The maximum absolute atomic E-state index is 9.07. The molecule has 0 aliphatic carbocycles. The highest BCUT2D eigenvalue weighted by Crippen LogP contribution is 2.60. The maximum Gasteiger partial charge on any atom is 0.268 e. The fourth-order valence-electron chi connectivity index (χ4n) is 1.16. The average molecular weight is 165 g/mol. The average Bonchev–Trinajstić information content (AvgIpc) is 1.92. The summed E-state index contributed by atoms with van der Waals surface area (Å²) < 4.78 is 0. The third kappa shape index (κ3) is 1.91. The molecule has 0 heterocycles. The molecule has 0 aromatic rings. The van der Waals surface area contributed by atoms with Gasteiger partial charge in [0, 0.05) is 0 Å². The molecular formula is C7H18O2P+. The van der Waals surface area contributed by atoms with Crippen molar-refractivity contribution in [1.82, 2.24) is 0 Å². The predicted octanol–water partition coefficient (Wildman–Crippen LogP) is 1.33. The summed E-state index contributed by atoms with van der Waals surface area (Å²) in [6.07, 6.45) is 2.83. The molecule has 3 heteroatoms. The van der Waals surface area contributed by atoms with Crippen molar-refractivity contribution in [2.24, 2.45) is 0 Å². The molecule has 2 N–H and O–H groups in total. The topological polar surface area (TPSA) is 40.5 Å². The lowest BCUT2D eigenvalue weighted by Gasteiger charge is -2.24. The van der Waals surface area contributed by atoms with Crippen LogP contribution in [0.3, 0.4) is 0 Å². The lowest BCUT2D eigenvalue weighted by atomic mass is 10.9. The van der Waals surface area contributed by atoms with Crippen LogP contribution in [0.4, 0.5) is 0 Å². The number of rotatable bonds is 4. The molecule has 0 saturated heterocycles. The summed E-state index contributed by atoms with van der Waals surface area (Å²) in [5.41, 5.74) is 0. The zero-order valence-electron chi connectivity index (χ0n) is 7.04. The summed E-state index contributed by atoms with van der Waals surface area (Å²) in [7, 11) is -1.40. The Morgan fingerprint density at radius 3 is 1.30 bits per heavy atom. The third-order valence-corrected chi connectivity index (χ3v) is 7.14. The van der Waals surface area contributed by atoms with Crippen molar-refractivity contribution in [3.63, 3.8) is 0 Å². The van der Waals surface area contributed by atoms with Crippen LogP contribution in [0.15, 0.2) is 0 Å². The first-order chi connectivity index (χ1) is 4.63. The minimum absolute atomic E-state index is 0.942. The normalized spacial score (nSPS) is 12.6. The van der Waals surface area contributed by atoms with Crippen molar-refractivity contribution in [3.05, 3.63) is 0 Å². The molecule has 0 bridgehead atoms. The van der Waals surface area contributed by atoms with Gasteiger partial charge in [0.15, 0.2) is 0 Å². The van der Waals surface area contributed by atoms with Crippen molar-refractivity contribution < 1.29 is 10.2 Å². The Bertz CT molecular complexity index is 81.3. The first kappa shape index (κ1) is 10.3. The smallest absolute Gasteiger partial charge is 0.268 e. The van der Waals surface area contributed by atoms with Gasteiger partial charge in [-0.2, -0.15) is 0 Å². The molecule has 0 saturated carbocycles. The fourth-order valence-corrected chi connectivity index (χ4v) is 3.48. The molecule has 62 valence electrons. The molecule has 0 unspecified atom stereocenters. The molecule has 10 heavy (non-hydrogen) atoms. The van der Waals surface area contributed by atoms with Gasteiger partial charge in [0.2, 0.25) is 0 Å². The molecule has 0 atom stereocenters. The SMILES string of the molecule is CC[P+](CC)(CC)C(O)O. The fraction of sp³-hybridized carbons (Fsp3) is 1.00. The number of hydrogen-bond donors (Lipinski definition) is 2. The zero-order valence-corrected chi connectivity index (χ0v) is 7.93. The van der Waals surface area contributed by atoms with Crippen LogP contribution in [0, 0.1) is 0 Å². The molecule has 0 aliphatic heterocycles. The van der Waals surface area contributed by atoms with Gasteiger partial charge in [-0.05, 0) is 20.8 Å². The van der Waals surface area contributed by atoms with E-state index in [9.17, 15) is 0 Å². The van der Waals surface area contributed by atoms with Crippen LogP contribution in [-0.4, -0.2) is 34.7 Å². The van der Waals surface area contributed by atoms with E-state index in [1.807, 2.05) is 20.8 Å². The Kier molecular flexibility index (Phi) is 4.42. The molecule has 0 aromatic carbocycles. The largest absolute Gasteiger partial charge is 0.337 e. The standard InChI is InChI=1S/C7H18O2P/c1-4-10(5-2,6-3)7(8)9/h7-9H,4-6H2,1-3H3/q+1. The van der Waals surface area contributed by atoms with E-state index in [0.29, 0.717) is 0 Å². The lowest BCUT2D eigenvalue weighted by molar-refractivity contribution is 0.0315. The lowest BCUT2D eigenvalue weighted by Crippen LogP contribution is -2.18.